The number of para-hydroxylation sites is 1. The van der Waals surface area contributed by atoms with Gasteiger partial charge in [0.2, 0.25) is 5.95 Å². The molecule has 0 unspecified atom stereocenters. The molecule has 0 saturated carbocycles. The second kappa shape index (κ2) is 7.82. The van der Waals surface area contributed by atoms with Crippen molar-refractivity contribution >= 4 is 23.5 Å². The van der Waals surface area contributed by atoms with Gasteiger partial charge in [0.25, 0.3) is 0 Å². The quantitative estimate of drug-likeness (QED) is 0.895. The van der Waals surface area contributed by atoms with Crippen LogP contribution in [-0.4, -0.2) is 53.2 Å². The highest BCUT2D eigenvalue weighted by molar-refractivity contribution is 5.68. The minimum absolute atomic E-state index is 0.215. The Morgan fingerprint density at radius 3 is 2.85 bits per heavy atom. The lowest BCUT2D eigenvalue weighted by molar-refractivity contribution is 0.0983. The van der Waals surface area contributed by atoms with Gasteiger partial charge in [0.05, 0.1) is 6.61 Å². The van der Waals surface area contributed by atoms with E-state index in [0.717, 1.165) is 37.6 Å². The summed E-state index contributed by atoms with van der Waals surface area (Å²) >= 11 is 0. The molecule has 1 aromatic heterocycles. The van der Waals surface area contributed by atoms with E-state index in [0.29, 0.717) is 25.7 Å². The highest BCUT2D eigenvalue weighted by Crippen LogP contribution is 2.32. The molecule has 7 nitrogen and oxygen atoms in total. The van der Waals surface area contributed by atoms with E-state index in [1.807, 2.05) is 13.0 Å². The van der Waals surface area contributed by atoms with E-state index in [-0.39, 0.29) is 6.09 Å². The third kappa shape index (κ3) is 3.82. The summed E-state index contributed by atoms with van der Waals surface area (Å²) in [5.74, 6) is 1.56. The molecule has 1 saturated heterocycles. The van der Waals surface area contributed by atoms with Crippen LogP contribution in [0.15, 0.2) is 36.5 Å². The van der Waals surface area contributed by atoms with E-state index in [1.54, 1.807) is 11.1 Å². The Bertz CT molecular complexity index is 804. The zero-order valence-corrected chi connectivity index (χ0v) is 15.6. The lowest BCUT2D eigenvalue weighted by Gasteiger charge is -2.32. The van der Waals surface area contributed by atoms with E-state index in [9.17, 15) is 4.79 Å². The standard InChI is InChI=1S/C20H25N5O2/c1-2-27-20(26)24-12-9-16(10-13-24)22-18-7-11-21-19(23-18)25-14-8-15-5-3-4-6-17(15)25/h3-7,11,16H,2,8-10,12-14H2,1H3,(H,21,22,23). The second-order valence-corrected chi connectivity index (χ2v) is 6.88. The lowest BCUT2D eigenvalue weighted by Crippen LogP contribution is -2.42. The Balaban J connectivity index is 1.39. The third-order valence-electron chi connectivity index (χ3n) is 5.14. The Hall–Kier alpha value is -2.83. The zero-order chi connectivity index (χ0) is 18.6. The van der Waals surface area contributed by atoms with Gasteiger partial charge in [-0.3, -0.25) is 0 Å². The number of piperidine rings is 1. The van der Waals surface area contributed by atoms with Crippen molar-refractivity contribution in [3.8, 4) is 0 Å². The van der Waals surface area contributed by atoms with Crippen LogP contribution in [0.3, 0.4) is 0 Å². The number of benzene rings is 1. The highest BCUT2D eigenvalue weighted by Gasteiger charge is 2.25. The predicted octanol–water partition coefficient (Wildman–Crippen LogP) is 3.20. The zero-order valence-electron chi connectivity index (χ0n) is 15.6. The maximum absolute atomic E-state index is 11.8. The molecule has 1 fully saturated rings. The third-order valence-corrected chi connectivity index (χ3v) is 5.14. The molecule has 142 valence electrons. The van der Waals surface area contributed by atoms with Crippen LogP contribution in [0.25, 0.3) is 0 Å². The van der Waals surface area contributed by atoms with Crippen molar-refractivity contribution in [3.63, 3.8) is 0 Å². The number of nitrogens with one attached hydrogen (secondary N) is 1. The molecule has 1 aromatic carbocycles. The molecule has 0 atom stereocenters. The van der Waals surface area contributed by atoms with Crippen LogP contribution in [0.4, 0.5) is 22.2 Å². The van der Waals surface area contributed by atoms with Crippen molar-refractivity contribution in [1.82, 2.24) is 14.9 Å². The van der Waals surface area contributed by atoms with Crippen LogP contribution in [0.5, 0.6) is 0 Å². The summed E-state index contributed by atoms with van der Waals surface area (Å²) < 4.78 is 5.08. The summed E-state index contributed by atoms with van der Waals surface area (Å²) in [6, 6.07) is 10.6. The molecule has 2 aromatic rings. The minimum Gasteiger partial charge on any atom is -0.450 e. The highest BCUT2D eigenvalue weighted by atomic mass is 16.6. The SMILES string of the molecule is CCOC(=O)N1CCC(Nc2ccnc(N3CCc4ccccc43)n2)CC1. The van der Waals surface area contributed by atoms with E-state index < -0.39 is 0 Å². The van der Waals surface area contributed by atoms with Gasteiger partial charge in [-0.25, -0.2) is 9.78 Å². The van der Waals surface area contributed by atoms with Crippen LogP contribution in [0.2, 0.25) is 0 Å². The number of aromatic nitrogens is 2. The van der Waals surface area contributed by atoms with E-state index in [1.165, 1.54) is 11.3 Å². The van der Waals surface area contributed by atoms with Crippen molar-refractivity contribution in [1.29, 1.82) is 0 Å². The molecule has 0 aliphatic carbocycles. The molecule has 2 aliphatic heterocycles. The number of nitrogens with zero attached hydrogens (tertiary/aromatic N) is 4. The number of ether oxygens (including phenoxy) is 1. The fourth-order valence-electron chi connectivity index (χ4n) is 3.74. The van der Waals surface area contributed by atoms with Crippen LogP contribution < -0.4 is 10.2 Å². The first kappa shape index (κ1) is 17.6. The van der Waals surface area contributed by atoms with E-state index in [2.05, 4.69) is 39.5 Å². The molecule has 4 rings (SSSR count). The normalized spacial score (nSPS) is 16.9. The molecule has 2 aliphatic rings. The molecule has 0 spiro atoms. The monoisotopic (exact) mass is 367 g/mol. The first-order valence-corrected chi connectivity index (χ1v) is 9.61. The van der Waals surface area contributed by atoms with Gasteiger partial charge in [-0.2, -0.15) is 4.98 Å². The number of fused-ring (bicyclic) bond motifs is 1. The van der Waals surface area contributed by atoms with E-state index in [4.69, 9.17) is 9.72 Å². The second-order valence-electron chi connectivity index (χ2n) is 6.88. The van der Waals surface area contributed by atoms with Gasteiger partial charge in [0.1, 0.15) is 5.82 Å². The van der Waals surface area contributed by atoms with Crippen LogP contribution in [0.1, 0.15) is 25.3 Å². The Labute approximate surface area is 159 Å². The van der Waals surface area contributed by atoms with Gasteiger partial charge >= 0.3 is 6.09 Å². The molecular formula is C20H25N5O2. The van der Waals surface area contributed by atoms with Crippen molar-refractivity contribution < 1.29 is 9.53 Å². The van der Waals surface area contributed by atoms with Crippen LogP contribution >= 0.6 is 0 Å². The summed E-state index contributed by atoms with van der Waals surface area (Å²) in [6.07, 6.45) is 4.37. The number of carbonyl (C=O) groups is 1. The Kier molecular flexibility index (Phi) is 5.09. The number of rotatable bonds is 4. The molecule has 0 radical (unpaired) electrons. The van der Waals surface area contributed by atoms with Gasteiger partial charge in [0.15, 0.2) is 0 Å². The molecule has 1 N–H and O–H groups in total. The summed E-state index contributed by atoms with van der Waals surface area (Å²) in [5, 5.41) is 3.50. The number of anilines is 3. The number of hydrogen-bond acceptors (Lipinski definition) is 6. The number of carbonyl (C=O) groups excluding carboxylic acids is 1. The van der Waals surface area contributed by atoms with Gasteiger partial charge in [0, 0.05) is 37.6 Å². The smallest absolute Gasteiger partial charge is 0.409 e. The topological polar surface area (TPSA) is 70.6 Å². The average molecular weight is 367 g/mol. The predicted molar refractivity (Wildman–Crippen MR) is 104 cm³/mol. The largest absolute Gasteiger partial charge is 0.450 e. The summed E-state index contributed by atoms with van der Waals surface area (Å²) in [5.41, 5.74) is 2.53. The van der Waals surface area contributed by atoms with Gasteiger partial charge < -0.3 is 19.9 Å². The van der Waals surface area contributed by atoms with Gasteiger partial charge in [-0.15, -0.1) is 0 Å². The summed E-state index contributed by atoms with van der Waals surface area (Å²) in [7, 11) is 0. The van der Waals surface area contributed by atoms with Crippen molar-refractivity contribution in [2.24, 2.45) is 0 Å². The molecule has 3 heterocycles. The fourth-order valence-corrected chi connectivity index (χ4v) is 3.74. The summed E-state index contributed by atoms with van der Waals surface area (Å²) in [6.45, 7) is 4.56. The molecular weight excluding hydrogens is 342 g/mol. The van der Waals surface area contributed by atoms with Crippen LogP contribution in [0, 0.1) is 0 Å². The van der Waals surface area contributed by atoms with E-state index >= 15 is 0 Å². The fraction of sp³-hybridized carbons (Fsp3) is 0.450. The Morgan fingerprint density at radius 1 is 1.22 bits per heavy atom. The molecule has 7 heteroatoms. The average Bonchev–Trinajstić information content (AvgIpc) is 3.13. The number of amides is 1. The number of likely N-dealkylation sites (tertiary alicyclic amines) is 1. The Morgan fingerprint density at radius 2 is 2.04 bits per heavy atom. The first-order valence-electron chi connectivity index (χ1n) is 9.61. The van der Waals surface area contributed by atoms with Crippen molar-refractivity contribution in [2.75, 3.05) is 36.5 Å². The van der Waals surface area contributed by atoms with Crippen molar-refractivity contribution in [3.05, 3.63) is 42.1 Å². The lowest BCUT2D eigenvalue weighted by atomic mass is 10.1. The maximum Gasteiger partial charge on any atom is 0.409 e. The molecule has 27 heavy (non-hydrogen) atoms. The van der Waals surface area contributed by atoms with Gasteiger partial charge in [-0.1, -0.05) is 18.2 Å². The molecule has 0 bridgehead atoms. The van der Waals surface area contributed by atoms with Crippen LogP contribution in [-0.2, 0) is 11.2 Å². The van der Waals surface area contributed by atoms with Gasteiger partial charge in [-0.05, 0) is 43.9 Å². The minimum atomic E-state index is -0.215. The number of hydrogen-bond donors (Lipinski definition) is 1. The summed E-state index contributed by atoms with van der Waals surface area (Å²) in [4.78, 5) is 25.0. The first-order chi connectivity index (χ1) is 13.2. The maximum atomic E-state index is 11.8. The molecule has 1 amide bonds. The van der Waals surface area contributed by atoms with Crippen molar-refractivity contribution in [2.45, 2.75) is 32.2 Å².